The predicted octanol–water partition coefficient (Wildman–Crippen LogP) is 7.49. The molecular weight excluding hydrogens is 617 g/mol. The first kappa shape index (κ1) is 27.8. The minimum absolute atomic E-state index is 0.0117. The van der Waals surface area contributed by atoms with Gasteiger partial charge in [0, 0.05) is 4.88 Å². The van der Waals surface area contributed by atoms with E-state index in [-0.39, 0.29) is 32.5 Å². The lowest BCUT2D eigenvalue weighted by Crippen LogP contribution is -2.26. The van der Waals surface area contributed by atoms with Crippen LogP contribution in [0.1, 0.15) is 64.2 Å². The van der Waals surface area contributed by atoms with E-state index in [9.17, 15) is 22.8 Å². The number of alkyl halides is 3. The van der Waals surface area contributed by atoms with Gasteiger partial charge in [-0.15, -0.1) is 22.7 Å². The number of esters is 1. The Morgan fingerprint density at radius 2 is 2.00 bits per heavy atom. The fraction of sp³-hybridized carbons (Fsp3) is 0.385. The summed E-state index contributed by atoms with van der Waals surface area (Å²) in [4.78, 5) is 32.1. The Bertz CT molecular complexity index is 1590. The summed E-state index contributed by atoms with van der Waals surface area (Å²) in [5.41, 5.74) is -0.180. The van der Waals surface area contributed by atoms with Crippen molar-refractivity contribution >= 4 is 61.1 Å². The fourth-order valence-electron chi connectivity index (χ4n) is 4.78. The molecule has 1 aliphatic carbocycles. The van der Waals surface area contributed by atoms with Gasteiger partial charge in [-0.3, -0.25) is 4.79 Å². The summed E-state index contributed by atoms with van der Waals surface area (Å²) in [5.74, 6) is -0.948. The van der Waals surface area contributed by atoms with Crippen LogP contribution in [-0.2, 0) is 23.8 Å². The molecular formula is C26H24BrF3N4O3S2. The Hall–Kier alpha value is -2.77. The molecule has 1 amide bonds. The van der Waals surface area contributed by atoms with E-state index in [1.54, 1.807) is 17.5 Å². The third kappa shape index (κ3) is 5.11. The normalized spacial score (nSPS) is 15.8. The number of hydrogen-bond acceptors (Lipinski definition) is 7. The second-order valence-corrected chi connectivity index (χ2v) is 13.2. The van der Waals surface area contributed by atoms with Crippen molar-refractivity contribution in [3.63, 3.8) is 0 Å². The van der Waals surface area contributed by atoms with Crippen LogP contribution < -0.4 is 5.32 Å². The second-order valence-electron chi connectivity index (χ2n) is 10.4. The molecule has 0 spiro atoms. The molecule has 4 heterocycles. The highest BCUT2D eigenvalue weighted by Crippen LogP contribution is 2.45. The fourth-order valence-corrected chi connectivity index (χ4v) is 7.30. The Morgan fingerprint density at radius 3 is 2.62 bits per heavy atom. The molecule has 5 rings (SSSR count). The number of ether oxygens (including phenoxy) is 1. The third-order valence-corrected chi connectivity index (χ3v) is 9.71. The first-order chi connectivity index (χ1) is 18.3. The van der Waals surface area contributed by atoms with Crippen molar-refractivity contribution in [2.75, 3.05) is 12.4 Å². The molecule has 0 radical (unpaired) electrons. The lowest BCUT2D eigenvalue weighted by molar-refractivity contribution is -0.142. The number of aromatic nitrogens is 3. The van der Waals surface area contributed by atoms with Gasteiger partial charge in [-0.05, 0) is 69.6 Å². The van der Waals surface area contributed by atoms with Gasteiger partial charge in [-0.2, -0.15) is 18.3 Å². The van der Waals surface area contributed by atoms with Gasteiger partial charge in [0.15, 0.2) is 17.0 Å². The maximum atomic E-state index is 14.0. The molecule has 39 heavy (non-hydrogen) atoms. The number of hydrogen-bond donors (Lipinski definition) is 1. The Morgan fingerprint density at radius 1 is 1.26 bits per heavy atom. The van der Waals surface area contributed by atoms with Gasteiger partial charge in [0.2, 0.25) is 0 Å². The van der Waals surface area contributed by atoms with Crippen LogP contribution >= 0.6 is 38.6 Å². The van der Waals surface area contributed by atoms with Crippen LogP contribution in [0.2, 0.25) is 0 Å². The summed E-state index contributed by atoms with van der Waals surface area (Å²) in [6.45, 7) is 6.52. The highest BCUT2D eigenvalue weighted by Gasteiger charge is 2.38. The Kier molecular flexibility index (Phi) is 7.13. The summed E-state index contributed by atoms with van der Waals surface area (Å²) in [6.07, 6.45) is -2.44. The van der Waals surface area contributed by atoms with Crippen molar-refractivity contribution in [2.24, 2.45) is 11.3 Å². The van der Waals surface area contributed by atoms with Crippen molar-refractivity contribution < 1.29 is 27.5 Å². The zero-order valence-corrected chi connectivity index (χ0v) is 24.6. The van der Waals surface area contributed by atoms with Crippen molar-refractivity contribution in [3.8, 4) is 10.6 Å². The average Bonchev–Trinajstić information content (AvgIpc) is 3.59. The summed E-state index contributed by atoms with van der Waals surface area (Å²) < 4.78 is 47.7. The molecule has 1 N–H and O–H groups in total. The lowest BCUT2D eigenvalue weighted by atomic mass is 9.72. The van der Waals surface area contributed by atoms with E-state index >= 15 is 0 Å². The van der Waals surface area contributed by atoms with Crippen molar-refractivity contribution in [2.45, 2.75) is 46.2 Å². The van der Waals surface area contributed by atoms with E-state index in [1.807, 2.05) is 0 Å². The summed E-state index contributed by atoms with van der Waals surface area (Å²) >= 11 is 5.79. The molecule has 0 bridgehead atoms. The smallest absolute Gasteiger partial charge is 0.433 e. The van der Waals surface area contributed by atoms with E-state index < -0.39 is 23.7 Å². The van der Waals surface area contributed by atoms with Crippen molar-refractivity contribution in [3.05, 3.63) is 55.4 Å². The van der Waals surface area contributed by atoms with Crippen LogP contribution in [0, 0.1) is 11.3 Å². The van der Waals surface area contributed by atoms with Gasteiger partial charge < -0.3 is 10.1 Å². The number of amides is 1. The molecule has 0 aliphatic heterocycles. The van der Waals surface area contributed by atoms with Crippen LogP contribution in [0.25, 0.3) is 16.2 Å². The molecule has 0 aromatic carbocycles. The molecule has 0 fully saturated rings. The number of anilines is 1. The SMILES string of the molecule is COC(=O)c1c(NC(=O)c2nn3c(C(F)(F)F)cc(-c4cccs4)nc3c2Br)sc2c1CCC(C(C)(C)C)C2. The van der Waals surface area contributed by atoms with Gasteiger partial charge in [0.1, 0.15) is 5.00 Å². The molecule has 13 heteroatoms. The number of thiophene rings is 2. The minimum atomic E-state index is -4.75. The zero-order chi connectivity index (χ0) is 28.3. The van der Waals surface area contributed by atoms with Crippen LogP contribution in [0.5, 0.6) is 0 Å². The molecule has 0 saturated heterocycles. The van der Waals surface area contributed by atoms with Crippen molar-refractivity contribution in [1.29, 1.82) is 0 Å². The zero-order valence-electron chi connectivity index (χ0n) is 21.4. The Balaban J connectivity index is 1.56. The first-order valence-corrected chi connectivity index (χ1v) is 14.5. The molecule has 1 aliphatic rings. The maximum absolute atomic E-state index is 14.0. The molecule has 206 valence electrons. The number of halogens is 4. The molecule has 7 nitrogen and oxygen atoms in total. The number of nitrogens with one attached hydrogen (secondary N) is 1. The number of methoxy groups -OCH3 is 1. The topological polar surface area (TPSA) is 85.6 Å². The third-order valence-electron chi connectivity index (χ3n) is 6.92. The predicted molar refractivity (Wildman–Crippen MR) is 148 cm³/mol. The van der Waals surface area contributed by atoms with E-state index in [0.29, 0.717) is 26.7 Å². The number of carbonyl (C=O) groups is 2. The number of rotatable bonds is 4. The van der Waals surface area contributed by atoms with E-state index in [0.717, 1.165) is 29.3 Å². The molecule has 4 aromatic rings. The van der Waals surface area contributed by atoms with Crippen LogP contribution in [0.4, 0.5) is 18.2 Å². The summed E-state index contributed by atoms with van der Waals surface area (Å²) in [7, 11) is 1.27. The van der Waals surface area contributed by atoms with Gasteiger partial charge >= 0.3 is 12.1 Å². The number of nitrogens with zero attached hydrogens (tertiary/aromatic N) is 3. The maximum Gasteiger partial charge on any atom is 0.433 e. The standard InChI is InChI=1S/C26H24BrF3N4O3S2/c1-25(2,3)12-7-8-13-16(10-12)39-23(18(13)24(36)37-4)32-22(35)20-19(27)21-31-14(15-6-5-9-38-15)11-17(26(28,29)30)34(21)33-20/h5-6,9,11-12H,7-8,10H2,1-4H3,(H,32,35). The van der Waals surface area contributed by atoms with Gasteiger partial charge in [0.25, 0.3) is 5.91 Å². The van der Waals surface area contributed by atoms with Crippen molar-refractivity contribution in [1.82, 2.24) is 14.6 Å². The summed E-state index contributed by atoms with van der Waals surface area (Å²) in [6, 6.07) is 4.29. The second kappa shape index (κ2) is 10.0. The average molecular weight is 642 g/mol. The monoisotopic (exact) mass is 640 g/mol. The van der Waals surface area contributed by atoms with Gasteiger partial charge in [-0.25, -0.2) is 14.3 Å². The lowest BCUT2D eigenvalue weighted by Gasteiger charge is -2.33. The number of carbonyl (C=O) groups excluding carboxylic acids is 2. The van der Waals surface area contributed by atoms with E-state index in [4.69, 9.17) is 4.74 Å². The quantitative estimate of drug-likeness (QED) is 0.234. The van der Waals surface area contributed by atoms with E-state index in [2.05, 4.69) is 52.1 Å². The highest BCUT2D eigenvalue weighted by molar-refractivity contribution is 9.10. The van der Waals surface area contributed by atoms with E-state index in [1.165, 1.54) is 29.8 Å². The molecule has 1 unspecified atom stereocenters. The molecule has 1 atom stereocenters. The molecule has 0 saturated carbocycles. The van der Waals surface area contributed by atoms with Gasteiger partial charge in [-0.1, -0.05) is 26.8 Å². The van der Waals surface area contributed by atoms with Gasteiger partial charge in [0.05, 0.1) is 27.7 Å². The minimum Gasteiger partial charge on any atom is -0.465 e. The first-order valence-electron chi connectivity index (χ1n) is 12.0. The van der Waals surface area contributed by atoms with Crippen LogP contribution in [-0.4, -0.2) is 33.6 Å². The summed E-state index contributed by atoms with van der Waals surface area (Å²) in [5, 5.41) is 8.73. The van der Waals surface area contributed by atoms with Crippen LogP contribution in [0.15, 0.2) is 28.1 Å². The largest absolute Gasteiger partial charge is 0.465 e. The molecule has 4 aromatic heterocycles. The number of fused-ring (bicyclic) bond motifs is 2. The Labute approximate surface area is 238 Å². The highest BCUT2D eigenvalue weighted by atomic mass is 79.9. The van der Waals surface area contributed by atoms with Crippen LogP contribution in [0.3, 0.4) is 0 Å².